The highest BCUT2D eigenvalue weighted by molar-refractivity contribution is 5.98. The molecule has 0 fully saturated rings. The van der Waals surface area contributed by atoms with Crippen LogP contribution in [0.3, 0.4) is 0 Å². The maximum absolute atomic E-state index is 12.6. The van der Waals surface area contributed by atoms with Crippen LogP contribution in [0.25, 0.3) is 95.0 Å². The van der Waals surface area contributed by atoms with E-state index < -0.39 is 6.85 Å². The van der Waals surface area contributed by atoms with Gasteiger partial charge in [-0.05, 0) is 150 Å². The molecule has 0 spiro atoms. The van der Waals surface area contributed by atoms with Crippen LogP contribution in [-0.2, 0) is 10.8 Å². The first-order valence-electron chi connectivity index (χ1n) is 27.2. The fourth-order valence-corrected chi connectivity index (χ4v) is 10.0. The molecule has 10 aromatic rings. The third kappa shape index (κ3) is 9.67. The predicted molar refractivity (Wildman–Crippen MR) is 309 cm³/mol. The topological polar surface area (TPSA) is 50.9 Å². The van der Waals surface area contributed by atoms with E-state index in [0.717, 1.165) is 83.6 Å². The molecule has 0 aliphatic carbocycles. The van der Waals surface area contributed by atoms with Crippen LogP contribution >= 0.6 is 0 Å². The summed E-state index contributed by atoms with van der Waals surface area (Å²) in [4.78, 5) is 10.7. The number of rotatable bonds is 10. The molecule has 0 unspecified atom stereocenters. The number of aromatic hydroxyl groups is 1. The van der Waals surface area contributed by atoms with Gasteiger partial charge >= 0.3 is 0 Å². The Bertz CT molecular complexity index is 3740. The van der Waals surface area contributed by atoms with Crippen molar-refractivity contribution in [3.8, 4) is 89.7 Å². The fourth-order valence-electron chi connectivity index (χ4n) is 10.0. The van der Waals surface area contributed by atoms with Crippen molar-refractivity contribution >= 4 is 11.0 Å². The van der Waals surface area contributed by atoms with E-state index in [4.69, 9.17) is 14.1 Å². The van der Waals surface area contributed by atoms with E-state index >= 15 is 0 Å². The number of fused-ring (bicyclic) bond motifs is 1. The lowest BCUT2D eigenvalue weighted by molar-refractivity contribution is 0.466. The first kappa shape index (κ1) is 45.1. The third-order valence-electron chi connectivity index (χ3n) is 14.4. The SMILES string of the molecule is [2H]C([2H])([2H])c1cc(-c2ccc(C(C)(C)C)cc2)c(-n2c(-c3cc(C(C)C)cc(C(C)C)c3O)nc3c(-c4cc(-c5cc(-c6ccc(-c7ccccc7)cc6)ccn5)cc(C(C)(C)C)c4)cccc32)cc1-c1ccccc1. The molecule has 0 amide bonds. The number of nitrogens with zero attached hydrogens (tertiary/aromatic N) is 3. The molecule has 73 heavy (non-hydrogen) atoms. The van der Waals surface area contributed by atoms with Gasteiger partial charge in [-0.15, -0.1) is 0 Å². The van der Waals surface area contributed by atoms with Gasteiger partial charge in [-0.3, -0.25) is 9.55 Å². The maximum Gasteiger partial charge on any atom is 0.149 e. The van der Waals surface area contributed by atoms with Crippen molar-refractivity contribution in [3.63, 3.8) is 0 Å². The minimum Gasteiger partial charge on any atom is -0.507 e. The highest BCUT2D eigenvalue weighted by Crippen LogP contribution is 2.46. The van der Waals surface area contributed by atoms with Gasteiger partial charge in [0, 0.05) is 27.0 Å². The molecule has 8 aromatic carbocycles. The van der Waals surface area contributed by atoms with Gasteiger partial charge in [0.25, 0.3) is 0 Å². The van der Waals surface area contributed by atoms with Crippen LogP contribution < -0.4 is 0 Å². The highest BCUT2D eigenvalue weighted by Gasteiger charge is 2.27. The molecule has 4 heteroatoms. The van der Waals surface area contributed by atoms with Crippen molar-refractivity contribution in [1.82, 2.24) is 14.5 Å². The van der Waals surface area contributed by atoms with E-state index in [2.05, 4.69) is 207 Å². The van der Waals surface area contributed by atoms with Crippen molar-refractivity contribution in [1.29, 1.82) is 0 Å². The van der Waals surface area contributed by atoms with Gasteiger partial charge < -0.3 is 5.11 Å². The number of para-hydroxylation sites is 1. The number of aryl methyl sites for hydroxylation is 1. The van der Waals surface area contributed by atoms with Crippen LogP contribution in [0.1, 0.15) is 113 Å². The molecule has 10 rings (SSSR count). The summed E-state index contributed by atoms with van der Waals surface area (Å²) in [6, 6.07) is 62.8. The molecule has 0 aliphatic rings. The van der Waals surface area contributed by atoms with Crippen molar-refractivity contribution in [2.45, 2.75) is 98.8 Å². The van der Waals surface area contributed by atoms with Crippen molar-refractivity contribution in [2.75, 3.05) is 0 Å². The zero-order valence-corrected chi connectivity index (χ0v) is 43.8. The van der Waals surface area contributed by atoms with E-state index in [1.165, 1.54) is 16.7 Å². The number of phenols is 1. The zero-order valence-electron chi connectivity index (χ0n) is 46.8. The van der Waals surface area contributed by atoms with Gasteiger partial charge in [0.1, 0.15) is 11.6 Å². The number of hydrogen-bond donors (Lipinski definition) is 1. The largest absolute Gasteiger partial charge is 0.507 e. The van der Waals surface area contributed by atoms with Crippen LogP contribution in [0.15, 0.2) is 188 Å². The van der Waals surface area contributed by atoms with Gasteiger partial charge in [-0.25, -0.2) is 4.98 Å². The molecule has 364 valence electrons. The van der Waals surface area contributed by atoms with Crippen LogP contribution in [0.5, 0.6) is 5.75 Å². The van der Waals surface area contributed by atoms with E-state index in [9.17, 15) is 5.11 Å². The normalized spacial score (nSPS) is 12.8. The average molecular weight is 957 g/mol. The summed E-state index contributed by atoms with van der Waals surface area (Å²) < 4.78 is 29.1. The molecule has 0 saturated heterocycles. The van der Waals surface area contributed by atoms with Gasteiger partial charge in [0.05, 0.1) is 28.0 Å². The van der Waals surface area contributed by atoms with Gasteiger partial charge in [0.15, 0.2) is 0 Å². The van der Waals surface area contributed by atoms with Crippen molar-refractivity contribution < 1.29 is 9.22 Å². The zero-order chi connectivity index (χ0) is 53.8. The van der Waals surface area contributed by atoms with Gasteiger partial charge in [-0.1, -0.05) is 203 Å². The van der Waals surface area contributed by atoms with Crippen LogP contribution in [-0.4, -0.2) is 19.6 Å². The number of imidazole rings is 1. The summed E-state index contributed by atoms with van der Waals surface area (Å²) in [6.07, 6.45) is 1.90. The summed E-state index contributed by atoms with van der Waals surface area (Å²) in [5.41, 5.74) is 18.3. The highest BCUT2D eigenvalue weighted by atomic mass is 16.3. The van der Waals surface area contributed by atoms with E-state index in [1.54, 1.807) is 0 Å². The van der Waals surface area contributed by atoms with E-state index in [-0.39, 0.29) is 34.0 Å². The van der Waals surface area contributed by atoms with E-state index in [0.29, 0.717) is 17.0 Å². The Labute approximate surface area is 437 Å². The van der Waals surface area contributed by atoms with Crippen LogP contribution in [0, 0.1) is 6.85 Å². The summed E-state index contributed by atoms with van der Waals surface area (Å²) in [6.45, 7) is 19.4. The first-order valence-corrected chi connectivity index (χ1v) is 25.7. The van der Waals surface area contributed by atoms with E-state index in [1.807, 2.05) is 54.7 Å². The Hall–Kier alpha value is -7.82. The average Bonchev–Trinajstić information content (AvgIpc) is 3.84. The summed E-state index contributed by atoms with van der Waals surface area (Å²) >= 11 is 0. The minimum atomic E-state index is -2.44. The molecule has 2 aromatic heterocycles. The number of hydrogen-bond acceptors (Lipinski definition) is 3. The Morgan fingerprint density at radius 3 is 1.71 bits per heavy atom. The molecule has 1 N–H and O–H groups in total. The molecular weight excluding hydrogens is 887 g/mol. The number of phenolic OH excluding ortho intramolecular Hbond substituents is 1. The Balaban J connectivity index is 1.26. The molecule has 4 nitrogen and oxygen atoms in total. The first-order chi connectivity index (χ1) is 36.1. The molecule has 0 atom stereocenters. The molecule has 0 radical (unpaired) electrons. The van der Waals surface area contributed by atoms with Crippen molar-refractivity contribution in [2.24, 2.45) is 0 Å². The summed E-state index contributed by atoms with van der Waals surface area (Å²) in [5, 5.41) is 12.6. The molecule has 0 saturated carbocycles. The second kappa shape index (κ2) is 19.3. The monoisotopic (exact) mass is 957 g/mol. The number of aromatic nitrogens is 3. The molecule has 0 bridgehead atoms. The smallest absolute Gasteiger partial charge is 0.149 e. The standard InChI is InChI=1S/C69H67N3O/c1-43(2)52-39-58(44(3)4)66(73)61(40-52)67-71-65-57(53-36-54(38-56(37-53)69(9,10)11)62-41-51(33-34-70-62)48-27-25-47(26-28-48)46-19-14-12-15-20-46)23-18-24-63(65)72(67)64-42-59(49-21-16-13-17-22-49)45(5)35-60(64)50-29-31-55(32-30-50)68(6,7)8/h12-44,73H,1-11H3/i5D3. The Morgan fingerprint density at radius 2 is 1.08 bits per heavy atom. The second-order valence-electron chi connectivity index (χ2n) is 22.3. The molecule has 0 aliphatic heterocycles. The minimum absolute atomic E-state index is 0.0188. The Morgan fingerprint density at radius 1 is 0.479 bits per heavy atom. The molecular formula is C69H67N3O. The third-order valence-corrected chi connectivity index (χ3v) is 14.4. The Kier molecular flexibility index (Phi) is 11.9. The lowest BCUT2D eigenvalue weighted by Crippen LogP contribution is -2.11. The summed E-state index contributed by atoms with van der Waals surface area (Å²) in [5.74, 6) is 0.904. The molecule has 2 heterocycles. The van der Waals surface area contributed by atoms with Crippen LogP contribution in [0.2, 0.25) is 0 Å². The van der Waals surface area contributed by atoms with Crippen LogP contribution in [0.4, 0.5) is 0 Å². The lowest BCUT2D eigenvalue weighted by Gasteiger charge is -2.22. The quantitative estimate of drug-likeness (QED) is 0.149. The summed E-state index contributed by atoms with van der Waals surface area (Å²) in [7, 11) is 0. The predicted octanol–water partition coefficient (Wildman–Crippen LogP) is 18.9. The number of benzene rings is 8. The lowest BCUT2D eigenvalue weighted by atomic mass is 9.83. The second-order valence-corrected chi connectivity index (χ2v) is 22.3. The maximum atomic E-state index is 12.6. The van der Waals surface area contributed by atoms with Gasteiger partial charge in [0.2, 0.25) is 0 Å². The number of pyridine rings is 1. The van der Waals surface area contributed by atoms with Gasteiger partial charge in [-0.2, -0.15) is 0 Å². The van der Waals surface area contributed by atoms with Crippen molar-refractivity contribution in [3.05, 3.63) is 216 Å². The fraction of sp³-hybridized carbons (Fsp3) is 0.217.